The van der Waals surface area contributed by atoms with Crippen molar-refractivity contribution in [3.63, 3.8) is 0 Å². The van der Waals surface area contributed by atoms with Crippen LogP contribution < -0.4 is 4.74 Å². The Labute approximate surface area is 196 Å². The van der Waals surface area contributed by atoms with Gasteiger partial charge < -0.3 is 4.74 Å². The van der Waals surface area contributed by atoms with Crippen molar-refractivity contribution >= 4 is 39.7 Å². The molecule has 2 aliphatic heterocycles. The number of aromatic nitrogens is 1. The molecular formula is C26H19Cl2N3O. The smallest absolute Gasteiger partial charge is 0.221 e. The third-order valence-electron chi connectivity index (χ3n) is 6.34. The highest BCUT2D eigenvalue weighted by molar-refractivity contribution is 6.35. The van der Waals surface area contributed by atoms with Crippen molar-refractivity contribution in [2.75, 3.05) is 0 Å². The van der Waals surface area contributed by atoms with Crippen LogP contribution in [-0.4, -0.2) is 15.7 Å². The number of halogens is 2. The molecule has 0 amide bonds. The first-order valence-electron chi connectivity index (χ1n) is 10.5. The van der Waals surface area contributed by atoms with Gasteiger partial charge in [-0.15, -0.1) is 0 Å². The predicted molar refractivity (Wildman–Crippen MR) is 128 cm³/mol. The summed E-state index contributed by atoms with van der Waals surface area (Å²) in [5.41, 5.74) is 3.18. The van der Waals surface area contributed by atoms with Gasteiger partial charge in [0.1, 0.15) is 5.75 Å². The van der Waals surface area contributed by atoms with E-state index in [1.54, 1.807) is 18.5 Å². The van der Waals surface area contributed by atoms with Crippen LogP contribution in [0.25, 0.3) is 10.8 Å². The van der Waals surface area contributed by atoms with Crippen molar-refractivity contribution in [3.05, 3.63) is 106 Å². The number of rotatable bonds is 2. The van der Waals surface area contributed by atoms with Crippen LogP contribution in [0.5, 0.6) is 5.75 Å². The Morgan fingerprint density at radius 2 is 1.75 bits per heavy atom. The van der Waals surface area contributed by atoms with Crippen molar-refractivity contribution in [1.82, 2.24) is 9.99 Å². The molecule has 0 bridgehead atoms. The Hall–Kier alpha value is -3.08. The van der Waals surface area contributed by atoms with E-state index in [-0.39, 0.29) is 6.04 Å². The monoisotopic (exact) mass is 459 g/mol. The van der Waals surface area contributed by atoms with Gasteiger partial charge in [0.2, 0.25) is 5.72 Å². The minimum Gasteiger partial charge on any atom is -0.461 e. The topological polar surface area (TPSA) is 37.7 Å². The minimum atomic E-state index is -0.837. The predicted octanol–water partition coefficient (Wildman–Crippen LogP) is 6.96. The summed E-state index contributed by atoms with van der Waals surface area (Å²) in [6, 6.07) is 22.4. The average Bonchev–Trinajstić information content (AvgIpc) is 3.27. The number of hydrogen-bond acceptors (Lipinski definition) is 4. The van der Waals surface area contributed by atoms with Crippen LogP contribution in [-0.2, 0) is 5.72 Å². The normalized spacial score (nSPS) is 21.7. The molecule has 0 N–H and O–H groups in total. The standard InChI is InChI=1S/C26H19Cl2N3O/c1-26(19-8-10-29-11-9-19)31-24(21-13-20(27)14-22(28)25(21)32-26)15-23(30-31)18-7-6-16-4-2-3-5-17(16)12-18/h2-14,24H,15H2,1H3/t24-,26+/m1/s1. The van der Waals surface area contributed by atoms with Gasteiger partial charge in [-0.1, -0.05) is 59.6 Å². The van der Waals surface area contributed by atoms with Crippen LogP contribution in [0.4, 0.5) is 0 Å². The molecule has 6 heteroatoms. The number of benzene rings is 3. The molecule has 0 saturated heterocycles. The lowest BCUT2D eigenvalue weighted by molar-refractivity contribution is -0.112. The van der Waals surface area contributed by atoms with Crippen molar-refractivity contribution in [2.24, 2.45) is 5.10 Å². The van der Waals surface area contributed by atoms with Gasteiger partial charge in [0.15, 0.2) is 0 Å². The first-order chi connectivity index (χ1) is 15.5. The van der Waals surface area contributed by atoms with Gasteiger partial charge in [0, 0.05) is 41.9 Å². The Bertz CT molecular complexity index is 1390. The van der Waals surface area contributed by atoms with Gasteiger partial charge in [0.25, 0.3) is 0 Å². The number of pyridine rings is 1. The Kier molecular flexibility index (Phi) is 4.42. The summed E-state index contributed by atoms with van der Waals surface area (Å²) in [6.07, 6.45) is 4.26. The second kappa shape index (κ2) is 7.22. The molecule has 0 fully saturated rings. The fourth-order valence-corrected chi connectivity index (χ4v) is 5.27. The van der Waals surface area contributed by atoms with Crippen LogP contribution in [0.2, 0.25) is 10.0 Å². The molecule has 1 aromatic heterocycles. The number of hydrazone groups is 1. The SMILES string of the molecule is C[C@@]1(c2ccncc2)Oc2c(Cl)cc(Cl)cc2[C@H]2CC(c3ccc4ccccc4c3)=NN21. The molecule has 4 aromatic rings. The van der Waals surface area contributed by atoms with Gasteiger partial charge in [-0.2, -0.15) is 5.10 Å². The van der Waals surface area contributed by atoms with Crippen molar-refractivity contribution in [3.8, 4) is 5.75 Å². The van der Waals surface area contributed by atoms with Crippen LogP contribution in [0.15, 0.2) is 84.2 Å². The second-order valence-electron chi connectivity index (χ2n) is 8.30. The summed E-state index contributed by atoms with van der Waals surface area (Å²) in [6.45, 7) is 2.02. The van der Waals surface area contributed by atoms with Crippen LogP contribution in [0.3, 0.4) is 0 Å². The van der Waals surface area contributed by atoms with Crippen molar-refractivity contribution < 1.29 is 4.74 Å². The highest BCUT2D eigenvalue weighted by Crippen LogP contribution is 2.53. The molecule has 4 nitrogen and oxygen atoms in total. The van der Waals surface area contributed by atoms with Crippen LogP contribution in [0.1, 0.15) is 36.1 Å². The number of fused-ring (bicyclic) bond motifs is 4. The van der Waals surface area contributed by atoms with Crippen molar-refractivity contribution in [1.29, 1.82) is 0 Å². The van der Waals surface area contributed by atoms with Gasteiger partial charge in [-0.25, -0.2) is 5.01 Å². The maximum Gasteiger partial charge on any atom is 0.221 e. The molecule has 0 radical (unpaired) electrons. The molecule has 0 aliphatic carbocycles. The summed E-state index contributed by atoms with van der Waals surface area (Å²) < 4.78 is 6.56. The third-order valence-corrected chi connectivity index (χ3v) is 6.84. The summed E-state index contributed by atoms with van der Waals surface area (Å²) in [5, 5.41) is 10.6. The van der Waals surface area contributed by atoms with Crippen LogP contribution >= 0.6 is 23.2 Å². The summed E-state index contributed by atoms with van der Waals surface area (Å²) >= 11 is 13.0. The van der Waals surface area contributed by atoms with Gasteiger partial charge in [-0.3, -0.25) is 4.98 Å². The second-order valence-corrected chi connectivity index (χ2v) is 9.14. The first-order valence-corrected chi connectivity index (χ1v) is 11.2. The Balaban J connectivity index is 1.52. The largest absolute Gasteiger partial charge is 0.461 e. The Morgan fingerprint density at radius 3 is 2.56 bits per heavy atom. The molecule has 6 rings (SSSR count). The molecule has 32 heavy (non-hydrogen) atoms. The van der Waals surface area contributed by atoms with Crippen molar-refractivity contribution in [2.45, 2.75) is 25.1 Å². The molecule has 0 spiro atoms. The Morgan fingerprint density at radius 1 is 0.969 bits per heavy atom. The van der Waals surface area contributed by atoms with E-state index in [4.69, 9.17) is 33.0 Å². The highest BCUT2D eigenvalue weighted by Gasteiger charge is 2.49. The zero-order valence-corrected chi connectivity index (χ0v) is 18.8. The summed E-state index contributed by atoms with van der Waals surface area (Å²) in [7, 11) is 0. The van der Waals surface area contributed by atoms with E-state index in [1.165, 1.54) is 10.8 Å². The lowest BCUT2D eigenvalue weighted by Gasteiger charge is -2.46. The number of nitrogens with zero attached hydrogens (tertiary/aromatic N) is 3. The fraction of sp³-hybridized carbons (Fsp3) is 0.154. The van der Waals surface area contributed by atoms with E-state index < -0.39 is 5.72 Å². The quantitative estimate of drug-likeness (QED) is 0.325. The highest BCUT2D eigenvalue weighted by atomic mass is 35.5. The minimum absolute atomic E-state index is 0.0467. The van der Waals surface area contributed by atoms with Gasteiger partial charge in [0.05, 0.1) is 16.8 Å². The number of ether oxygens (including phenoxy) is 1. The zero-order valence-electron chi connectivity index (χ0n) is 17.3. The molecule has 2 atom stereocenters. The maximum atomic E-state index is 6.59. The first kappa shape index (κ1) is 19.6. The molecule has 2 aliphatic rings. The van der Waals surface area contributed by atoms with E-state index in [2.05, 4.69) is 47.4 Å². The van der Waals surface area contributed by atoms with E-state index in [0.717, 1.165) is 28.8 Å². The maximum absolute atomic E-state index is 6.59. The summed E-state index contributed by atoms with van der Waals surface area (Å²) in [5.74, 6) is 0.659. The molecular weight excluding hydrogens is 441 g/mol. The van der Waals surface area contributed by atoms with E-state index in [9.17, 15) is 0 Å². The van der Waals surface area contributed by atoms with E-state index in [1.807, 2.05) is 30.1 Å². The third kappa shape index (κ3) is 2.98. The van der Waals surface area contributed by atoms with E-state index in [0.29, 0.717) is 15.8 Å². The lowest BCUT2D eigenvalue weighted by atomic mass is 9.92. The van der Waals surface area contributed by atoms with E-state index >= 15 is 0 Å². The molecule has 3 heterocycles. The molecule has 0 saturated carbocycles. The van der Waals surface area contributed by atoms with Gasteiger partial charge >= 0.3 is 0 Å². The summed E-state index contributed by atoms with van der Waals surface area (Å²) in [4.78, 5) is 4.17. The van der Waals surface area contributed by atoms with Crippen LogP contribution in [0, 0.1) is 0 Å². The molecule has 0 unspecified atom stereocenters. The fourth-order valence-electron chi connectivity index (χ4n) is 4.72. The zero-order chi connectivity index (χ0) is 21.9. The molecule has 3 aromatic carbocycles. The molecule has 158 valence electrons. The average molecular weight is 460 g/mol. The van der Waals surface area contributed by atoms with Gasteiger partial charge in [-0.05, 0) is 46.7 Å². The number of hydrogen-bond donors (Lipinski definition) is 0. The lowest BCUT2D eigenvalue weighted by Crippen LogP contribution is -2.48.